The predicted molar refractivity (Wildman–Crippen MR) is 71.6 cm³/mol. The van der Waals surface area contributed by atoms with Crippen LogP contribution < -0.4 is 5.32 Å². The summed E-state index contributed by atoms with van der Waals surface area (Å²) in [5.74, 6) is -1.76. The molecule has 1 aromatic carbocycles. The van der Waals surface area contributed by atoms with Gasteiger partial charge in [0.2, 0.25) is 5.91 Å². The van der Waals surface area contributed by atoms with Gasteiger partial charge in [-0.15, -0.1) is 0 Å². The molecule has 0 aromatic heterocycles. The van der Waals surface area contributed by atoms with Crippen molar-refractivity contribution < 1.29 is 19.1 Å². The number of benzene rings is 1. The lowest BCUT2D eigenvalue weighted by molar-refractivity contribution is -0.162. The summed E-state index contributed by atoms with van der Waals surface area (Å²) < 4.78 is 13.5. The molecule has 1 aliphatic rings. The fourth-order valence-electron chi connectivity index (χ4n) is 2.56. The van der Waals surface area contributed by atoms with E-state index >= 15 is 0 Å². The monoisotopic (exact) mass is 279 g/mol. The molecule has 0 atom stereocenters. The Morgan fingerprint density at radius 3 is 2.25 bits per heavy atom. The van der Waals surface area contributed by atoms with Crippen molar-refractivity contribution in [3.63, 3.8) is 0 Å². The number of nitrogens with one attached hydrogen (secondary N) is 1. The van der Waals surface area contributed by atoms with Crippen molar-refractivity contribution in [3.05, 3.63) is 34.6 Å². The van der Waals surface area contributed by atoms with E-state index in [1.54, 1.807) is 26.0 Å². The summed E-state index contributed by atoms with van der Waals surface area (Å²) in [6.45, 7) is 3.55. The molecule has 1 fully saturated rings. The lowest BCUT2D eigenvalue weighted by atomic mass is 9.68. The van der Waals surface area contributed by atoms with E-state index in [9.17, 15) is 14.0 Å². The van der Waals surface area contributed by atoms with E-state index in [1.807, 2.05) is 0 Å². The Bertz CT molecular complexity index is 541. The summed E-state index contributed by atoms with van der Waals surface area (Å²) in [6, 6.07) is 3.33. The number of carbonyl (C=O) groups excluding carboxylic acids is 1. The number of aryl methyl sites for hydroxylation is 2. The number of hydrogen-bond acceptors (Lipinski definition) is 2. The second-order valence-corrected chi connectivity index (χ2v) is 5.47. The van der Waals surface area contributed by atoms with Gasteiger partial charge in [0, 0.05) is 6.54 Å². The number of carbonyl (C=O) groups is 2. The third-order valence-electron chi connectivity index (χ3n) is 4.00. The van der Waals surface area contributed by atoms with Gasteiger partial charge < -0.3 is 10.4 Å². The van der Waals surface area contributed by atoms with Crippen molar-refractivity contribution in [1.29, 1.82) is 0 Å². The van der Waals surface area contributed by atoms with Crippen LogP contribution in [-0.4, -0.2) is 17.0 Å². The molecule has 1 aliphatic carbocycles. The minimum Gasteiger partial charge on any atom is -0.480 e. The smallest absolute Gasteiger partial charge is 0.319 e. The van der Waals surface area contributed by atoms with Crippen LogP contribution in [0.2, 0.25) is 0 Å². The molecule has 0 aliphatic heterocycles. The molecule has 1 saturated carbocycles. The van der Waals surface area contributed by atoms with Gasteiger partial charge in [-0.3, -0.25) is 9.59 Å². The van der Waals surface area contributed by atoms with Gasteiger partial charge in [-0.2, -0.15) is 0 Å². The average molecular weight is 279 g/mol. The summed E-state index contributed by atoms with van der Waals surface area (Å²) in [5, 5.41) is 11.8. The topological polar surface area (TPSA) is 66.4 Å². The molecular formula is C15H18FNO3. The van der Waals surface area contributed by atoms with Gasteiger partial charge in [0.15, 0.2) is 0 Å². The maximum absolute atomic E-state index is 13.5. The molecule has 0 spiro atoms. The minimum atomic E-state index is -1.26. The Labute approximate surface area is 117 Å². The number of carboxylic acids is 1. The SMILES string of the molecule is Cc1cc(CNC(=O)C2(C(=O)O)CCC2)cc(C)c1F. The summed E-state index contributed by atoms with van der Waals surface area (Å²) in [4.78, 5) is 23.2. The standard InChI is InChI=1S/C15H18FNO3/c1-9-6-11(7-10(2)12(9)16)8-17-13(18)15(14(19)20)4-3-5-15/h6-7H,3-5,8H2,1-2H3,(H,17,18)(H,19,20). The van der Waals surface area contributed by atoms with E-state index < -0.39 is 17.3 Å². The average Bonchev–Trinajstić information content (AvgIpc) is 2.31. The van der Waals surface area contributed by atoms with Crippen molar-refractivity contribution in [2.45, 2.75) is 39.7 Å². The summed E-state index contributed by atoms with van der Waals surface area (Å²) in [7, 11) is 0. The third-order valence-corrected chi connectivity index (χ3v) is 4.00. The number of rotatable bonds is 4. The fourth-order valence-corrected chi connectivity index (χ4v) is 2.56. The van der Waals surface area contributed by atoms with Gasteiger partial charge in [0.25, 0.3) is 0 Å². The Hall–Kier alpha value is -1.91. The molecule has 0 heterocycles. The van der Waals surface area contributed by atoms with Gasteiger partial charge in [0.1, 0.15) is 11.2 Å². The van der Waals surface area contributed by atoms with Crippen molar-refractivity contribution in [2.24, 2.45) is 5.41 Å². The summed E-state index contributed by atoms with van der Waals surface area (Å²) >= 11 is 0. The predicted octanol–water partition coefficient (Wildman–Crippen LogP) is 2.31. The zero-order valence-electron chi connectivity index (χ0n) is 11.6. The van der Waals surface area contributed by atoms with Crippen LogP contribution in [-0.2, 0) is 16.1 Å². The lowest BCUT2D eigenvalue weighted by Crippen LogP contribution is -2.50. The van der Waals surface area contributed by atoms with Crippen LogP contribution in [0.15, 0.2) is 12.1 Å². The molecule has 4 nitrogen and oxygen atoms in total. The van der Waals surface area contributed by atoms with Crippen molar-refractivity contribution in [2.75, 3.05) is 0 Å². The molecule has 0 saturated heterocycles. The van der Waals surface area contributed by atoms with Gasteiger partial charge in [-0.05, 0) is 43.4 Å². The maximum Gasteiger partial charge on any atom is 0.319 e. The first kappa shape index (κ1) is 14.5. The number of aliphatic carboxylic acids is 1. The highest BCUT2D eigenvalue weighted by atomic mass is 19.1. The molecule has 1 aromatic rings. The first-order valence-electron chi connectivity index (χ1n) is 6.64. The van der Waals surface area contributed by atoms with Crippen LogP contribution in [0.1, 0.15) is 36.0 Å². The number of amides is 1. The zero-order valence-corrected chi connectivity index (χ0v) is 11.6. The third kappa shape index (κ3) is 2.40. The van der Waals surface area contributed by atoms with Crippen molar-refractivity contribution in [1.82, 2.24) is 5.32 Å². The fraction of sp³-hybridized carbons (Fsp3) is 0.467. The molecule has 2 rings (SSSR count). The van der Waals surface area contributed by atoms with Crippen molar-refractivity contribution in [3.8, 4) is 0 Å². The van der Waals surface area contributed by atoms with E-state index in [2.05, 4.69) is 5.32 Å². The Kier molecular flexibility index (Phi) is 3.79. The summed E-state index contributed by atoms with van der Waals surface area (Å²) in [6.07, 6.45) is 1.53. The first-order valence-corrected chi connectivity index (χ1v) is 6.64. The minimum absolute atomic E-state index is 0.218. The van der Waals surface area contributed by atoms with E-state index in [0.29, 0.717) is 24.0 Å². The number of carboxylic acid groups (broad SMARTS) is 1. The quantitative estimate of drug-likeness (QED) is 0.831. The van der Waals surface area contributed by atoms with Crippen LogP contribution in [0.3, 0.4) is 0 Å². The zero-order chi connectivity index (χ0) is 14.9. The highest BCUT2D eigenvalue weighted by molar-refractivity contribution is 6.02. The van der Waals surface area contributed by atoms with Gasteiger partial charge in [0.05, 0.1) is 0 Å². The molecular weight excluding hydrogens is 261 g/mol. The molecule has 0 unspecified atom stereocenters. The second kappa shape index (κ2) is 5.23. The summed E-state index contributed by atoms with van der Waals surface area (Å²) in [5.41, 5.74) is 0.552. The van der Waals surface area contributed by atoms with Crippen LogP contribution in [0.4, 0.5) is 4.39 Å². The highest BCUT2D eigenvalue weighted by Gasteiger charge is 2.50. The Morgan fingerprint density at radius 1 is 1.30 bits per heavy atom. The largest absolute Gasteiger partial charge is 0.480 e. The van der Waals surface area contributed by atoms with E-state index in [4.69, 9.17) is 5.11 Å². The van der Waals surface area contributed by atoms with Crippen LogP contribution >= 0.6 is 0 Å². The molecule has 5 heteroatoms. The molecule has 20 heavy (non-hydrogen) atoms. The van der Waals surface area contributed by atoms with E-state index in [0.717, 1.165) is 12.0 Å². The number of halogens is 1. The van der Waals surface area contributed by atoms with E-state index in [-0.39, 0.29) is 12.4 Å². The van der Waals surface area contributed by atoms with Crippen molar-refractivity contribution >= 4 is 11.9 Å². The molecule has 1 amide bonds. The van der Waals surface area contributed by atoms with Crippen LogP contribution in [0.25, 0.3) is 0 Å². The Balaban J connectivity index is 2.06. The van der Waals surface area contributed by atoms with Gasteiger partial charge in [-0.25, -0.2) is 4.39 Å². The lowest BCUT2D eigenvalue weighted by Gasteiger charge is -2.35. The van der Waals surface area contributed by atoms with Gasteiger partial charge in [-0.1, -0.05) is 18.6 Å². The van der Waals surface area contributed by atoms with E-state index in [1.165, 1.54) is 0 Å². The van der Waals surface area contributed by atoms with Crippen LogP contribution in [0.5, 0.6) is 0 Å². The molecule has 2 N–H and O–H groups in total. The second-order valence-electron chi connectivity index (χ2n) is 5.47. The normalized spacial score (nSPS) is 16.4. The molecule has 0 bridgehead atoms. The Morgan fingerprint density at radius 2 is 1.85 bits per heavy atom. The maximum atomic E-state index is 13.5. The van der Waals surface area contributed by atoms with Crippen LogP contribution in [0, 0.1) is 25.1 Å². The highest BCUT2D eigenvalue weighted by Crippen LogP contribution is 2.41. The molecule has 0 radical (unpaired) electrons. The van der Waals surface area contributed by atoms with Gasteiger partial charge >= 0.3 is 5.97 Å². The molecule has 108 valence electrons. The number of hydrogen-bond donors (Lipinski definition) is 2. The first-order chi connectivity index (χ1) is 9.36.